The van der Waals surface area contributed by atoms with Crippen molar-refractivity contribution < 1.29 is 13.2 Å². The predicted molar refractivity (Wildman–Crippen MR) is 59.0 cm³/mol. The van der Waals surface area contributed by atoms with E-state index in [1.54, 1.807) is 6.07 Å². The second-order valence-electron chi connectivity index (χ2n) is 4.02. The lowest BCUT2D eigenvalue weighted by Gasteiger charge is -2.25. The molecular formula is C11H11BrF3N. The molecule has 0 fully saturated rings. The zero-order valence-corrected chi connectivity index (χ0v) is 10.0. The van der Waals surface area contributed by atoms with Gasteiger partial charge in [0.25, 0.3) is 0 Å². The summed E-state index contributed by atoms with van der Waals surface area (Å²) in [5.41, 5.74) is 6.29. The number of nitrogens with two attached hydrogens (primary N) is 1. The monoisotopic (exact) mass is 293 g/mol. The normalized spacial score (nSPS) is 20.7. The van der Waals surface area contributed by atoms with Crippen molar-refractivity contribution in [1.82, 2.24) is 0 Å². The summed E-state index contributed by atoms with van der Waals surface area (Å²) in [5.74, 6) is 0. The molecule has 0 aromatic heterocycles. The lowest BCUT2D eigenvalue weighted by atomic mass is 9.85. The van der Waals surface area contributed by atoms with Crippen LogP contribution in [0.2, 0.25) is 0 Å². The van der Waals surface area contributed by atoms with E-state index in [2.05, 4.69) is 15.9 Å². The molecule has 0 saturated heterocycles. The van der Waals surface area contributed by atoms with Gasteiger partial charge in [-0.2, -0.15) is 13.2 Å². The van der Waals surface area contributed by atoms with E-state index in [9.17, 15) is 13.2 Å². The van der Waals surface area contributed by atoms with Crippen LogP contribution in [0.1, 0.15) is 35.6 Å². The summed E-state index contributed by atoms with van der Waals surface area (Å²) < 4.78 is 38.9. The first-order chi connectivity index (χ1) is 7.39. The first kappa shape index (κ1) is 11.9. The largest absolute Gasteiger partial charge is 0.416 e. The second kappa shape index (κ2) is 4.04. The van der Waals surface area contributed by atoms with Gasteiger partial charge in [-0.15, -0.1) is 0 Å². The van der Waals surface area contributed by atoms with E-state index in [1.807, 2.05) is 0 Å². The summed E-state index contributed by atoms with van der Waals surface area (Å²) in [4.78, 5) is 0. The summed E-state index contributed by atoms with van der Waals surface area (Å²) in [7, 11) is 0. The third-order valence-electron chi connectivity index (χ3n) is 2.90. The zero-order chi connectivity index (χ0) is 11.9. The van der Waals surface area contributed by atoms with Crippen molar-refractivity contribution in [1.29, 1.82) is 0 Å². The summed E-state index contributed by atoms with van der Waals surface area (Å²) >= 11 is 3.11. The van der Waals surface area contributed by atoms with Gasteiger partial charge in [0.15, 0.2) is 0 Å². The summed E-state index contributed by atoms with van der Waals surface area (Å²) in [6.45, 7) is 0. The van der Waals surface area contributed by atoms with Gasteiger partial charge in [0, 0.05) is 10.5 Å². The third-order valence-corrected chi connectivity index (χ3v) is 3.35. The Morgan fingerprint density at radius 3 is 2.62 bits per heavy atom. The molecule has 0 radical (unpaired) electrons. The first-order valence-corrected chi connectivity index (χ1v) is 5.84. The van der Waals surface area contributed by atoms with Gasteiger partial charge >= 0.3 is 6.18 Å². The highest BCUT2D eigenvalue weighted by atomic mass is 79.9. The molecule has 0 bridgehead atoms. The van der Waals surface area contributed by atoms with Crippen LogP contribution in [0.25, 0.3) is 0 Å². The number of halogens is 4. The van der Waals surface area contributed by atoms with Crippen LogP contribution in [-0.2, 0) is 12.6 Å². The van der Waals surface area contributed by atoms with Gasteiger partial charge in [-0.1, -0.05) is 15.9 Å². The van der Waals surface area contributed by atoms with E-state index < -0.39 is 11.7 Å². The van der Waals surface area contributed by atoms with Crippen molar-refractivity contribution >= 4 is 15.9 Å². The van der Waals surface area contributed by atoms with Gasteiger partial charge in [-0.3, -0.25) is 0 Å². The van der Waals surface area contributed by atoms with Crippen LogP contribution >= 0.6 is 15.9 Å². The Hall–Kier alpha value is -0.550. The van der Waals surface area contributed by atoms with Crippen molar-refractivity contribution in [3.8, 4) is 0 Å². The minimum absolute atomic E-state index is 0.276. The lowest BCUT2D eigenvalue weighted by Crippen LogP contribution is -2.21. The van der Waals surface area contributed by atoms with E-state index in [0.29, 0.717) is 22.0 Å². The van der Waals surface area contributed by atoms with E-state index in [0.717, 1.165) is 18.9 Å². The molecule has 1 aromatic carbocycles. The fraction of sp³-hybridized carbons (Fsp3) is 0.455. The van der Waals surface area contributed by atoms with E-state index in [-0.39, 0.29) is 6.04 Å². The van der Waals surface area contributed by atoms with Gasteiger partial charge < -0.3 is 5.73 Å². The molecule has 0 heterocycles. The smallest absolute Gasteiger partial charge is 0.324 e. The van der Waals surface area contributed by atoms with E-state index in [1.165, 1.54) is 0 Å². The minimum Gasteiger partial charge on any atom is -0.324 e. The number of hydrogen-bond donors (Lipinski definition) is 1. The molecule has 0 saturated carbocycles. The maximum absolute atomic E-state index is 12.8. The van der Waals surface area contributed by atoms with Crippen molar-refractivity contribution in [2.75, 3.05) is 0 Å². The van der Waals surface area contributed by atoms with Crippen LogP contribution < -0.4 is 5.73 Å². The maximum atomic E-state index is 12.8. The molecule has 5 heteroatoms. The number of hydrogen-bond acceptors (Lipinski definition) is 1. The van der Waals surface area contributed by atoms with Crippen LogP contribution in [0.3, 0.4) is 0 Å². The van der Waals surface area contributed by atoms with Crippen molar-refractivity contribution in [2.45, 2.75) is 31.5 Å². The van der Waals surface area contributed by atoms with Crippen molar-refractivity contribution in [3.63, 3.8) is 0 Å². The molecule has 1 nitrogen and oxygen atoms in total. The number of benzene rings is 1. The topological polar surface area (TPSA) is 26.0 Å². The Balaban J connectivity index is 2.62. The Morgan fingerprint density at radius 2 is 2.00 bits per heavy atom. The quantitative estimate of drug-likeness (QED) is 0.773. The van der Waals surface area contributed by atoms with Gasteiger partial charge in [0.2, 0.25) is 0 Å². The second-order valence-corrected chi connectivity index (χ2v) is 4.93. The average molecular weight is 294 g/mol. The lowest BCUT2D eigenvalue weighted by molar-refractivity contribution is -0.138. The summed E-state index contributed by atoms with van der Waals surface area (Å²) in [6.07, 6.45) is -2.37. The number of alkyl halides is 3. The number of fused-ring (bicyclic) bond motifs is 1. The Morgan fingerprint density at radius 1 is 1.31 bits per heavy atom. The van der Waals surface area contributed by atoms with E-state index in [4.69, 9.17) is 5.73 Å². The van der Waals surface area contributed by atoms with Crippen molar-refractivity contribution in [2.24, 2.45) is 5.73 Å². The fourth-order valence-corrected chi connectivity index (χ4v) is 2.65. The van der Waals surface area contributed by atoms with Crippen LogP contribution in [0.5, 0.6) is 0 Å². The molecule has 88 valence electrons. The molecule has 0 amide bonds. The molecule has 0 spiro atoms. The van der Waals surface area contributed by atoms with Crippen LogP contribution in [-0.4, -0.2) is 0 Å². The first-order valence-electron chi connectivity index (χ1n) is 5.04. The van der Waals surface area contributed by atoms with Crippen molar-refractivity contribution in [3.05, 3.63) is 33.3 Å². The molecule has 2 rings (SSSR count). The molecule has 16 heavy (non-hydrogen) atoms. The Bertz CT molecular complexity index is 414. The third kappa shape index (κ3) is 2.11. The minimum atomic E-state index is -4.30. The molecule has 1 unspecified atom stereocenters. The average Bonchev–Trinajstić information content (AvgIpc) is 2.17. The fourth-order valence-electron chi connectivity index (χ4n) is 2.17. The number of rotatable bonds is 0. The maximum Gasteiger partial charge on any atom is 0.416 e. The van der Waals surface area contributed by atoms with Crippen LogP contribution in [0.15, 0.2) is 16.6 Å². The summed E-state index contributed by atoms with van der Waals surface area (Å²) in [5, 5.41) is 0. The van der Waals surface area contributed by atoms with Gasteiger partial charge in [-0.25, -0.2) is 0 Å². The Labute approximate surface area is 100.0 Å². The van der Waals surface area contributed by atoms with Gasteiger partial charge in [0.1, 0.15) is 0 Å². The molecule has 1 aliphatic carbocycles. The molecule has 2 N–H and O–H groups in total. The van der Waals surface area contributed by atoms with Gasteiger partial charge in [0.05, 0.1) is 5.56 Å². The van der Waals surface area contributed by atoms with E-state index >= 15 is 0 Å². The highest BCUT2D eigenvalue weighted by Gasteiger charge is 2.36. The highest BCUT2D eigenvalue weighted by molar-refractivity contribution is 9.10. The summed E-state index contributed by atoms with van der Waals surface area (Å²) in [6, 6.07) is 2.56. The molecule has 0 aliphatic heterocycles. The predicted octanol–water partition coefficient (Wildman–Crippen LogP) is 3.80. The SMILES string of the molecule is NC1CCCc2c1cc(Br)cc2C(F)(F)F. The molecule has 1 aliphatic rings. The molecular weight excluding hydrogens is 283 g/mol. The zero-order valence-electron chi connectivity index (χ0n) is 8.44. The standard InChI is InChI=1S/C11H11BrF3N/c12-6-4-8-7(2-1-3-10(8)16)9(5-6)11(13,14)15/h4-5,10H,1-3,16H2. The van der Waals surface area contributed by atoms with Crippen LogP contribution in [0, 0.1) is 0 Å². The highest BCUT2D eigenvalue weighted by Crippen LogP contribution is 2.40. The van der Waals surface area contributed by atoms with Crippen LogP contribution in [0.4, 0.5) is 13.2 Å². The Kier molecular flexibility index (Phi) is 3.01. The van der Waals surface area contributed by atoms with Gasteiger partial charge in [-0.05, 0) is 42.5 Å². The molecule has 1 atom stereocenters. The molecule has 1 aromatic rings.